The molecule has 0 aromatic carbocycles. The summed E-state index contributed by atoms with van der Waals surface area (Å²) in [5.74, 6) is 0.484. The summed E-state index contributed by atoms with van der Waals surface area (Å²) in [5, 5.41) is 3.20. The number of hydrogen-bond donors (Lipinski definition) is 1. The van der Waals surface area contributed by atoms with Crippen molar-refractivity contribution >= 4 is 5.97 Å². The highest BCUT2D eigenvalue weighted by molar-refractivity contribution is 5.72. The molecule has 1 fully saturated rings. The molecule has 1 rings (SSSR count). The molecule has 1 aliphatic rings. The molecule has 0 aromatic rings. The van der Waals surface area contributed by atoms with Crippen LogP contribution in [-0.2, 0) is 14.3 Å². The zero-order valence-corrected chi connectivity index (χ0v) is 10.3. The number of carbonyl (C=O) groups is 1. The van der Waals surface area contributed by atoms with E-state index in [1.807, 2.05) is 0 Å². The number of ether oxygens (including phenoxy) is 2. The lowest BCUT2D eigenvalue weighted by Gasteiger charge is -2.21. The second kappa shape index (κ2) is 7.63. The van der Waals surface area contributed by atoms with Crippen LogP contribution in [0, 0.1) is 11.8 Å². The number of hydrogen-bond acceptors (Lipinski definition) is 4. The van der Waals surface area contributed by atoms with E-state index in [1.165, 1.54) is 0 Å². The Labute approximate surface area is 97.7 Å². The van der Waals surface area contributed by atoms with Gasteiger partial charge in [-0.05, 0) is 25.3 Å². The summed E-state index contributed by atoms with van der Waals surface area (Å²) in [7, 11) is 0. The number of esters is 1. The van der Waals surface area contributed by atoms with Crippen LogP contribution in [0.3, 0.4) is 0 Å². The molecule has 1 saturated heterocycles. The molecule has 0 aliphatic carbocycles. The summed E-state index contributed by atoms with van der Waals surface area (Å²) in [6.07, 6.45) is 2.00. The van der Waals surface area contributed by atoms with Gasteiger partial charge in [0, 0.05) is 13.2 Å². The fourth-order valence-corrected chi connectivity index (χ4v) is 1.69. The number of carbonyl (C=O) groups excluding carboxylic acids is 1. The highest BCUT2D eigenvalue weighted by Crippen LogP contribution is 2.11. The van der Waals surface area contributed by atoms with Crippen LogP contribution in [0.2, 0.25) is 0 Å². The SMILES string of the molecule is CC(C)COCCOC(=O)[C@H]1CCCNC1. The lowest BCUT2D eigenvalue weighted by molar-refractivity contribution is -0.150. The largest absolute Gasteiger partial charge is 0.463 e. The number of rotatable bonds is 6. The Morgan fingerprint density at radius 1 is 1.44 bits per heavy atom. The van der Waals surface area contributed by atoms with Gasteiger partial charge in [0.25, 0.3) is 0 Å². The minimum Gasteiger partial charge on any atom is -0.463 e. The van der Waals surface area contributed by atoms with Crippen LogP contribution < -0.4 is 5.32 Å². The lowest BCUT2D eigenvalue weighted by Crippen LogP contribution is -2.35. The van der Waals surface area contributed by atoms with E-state index < -0.39 is 0 Å². The molecule has 1 heterocycles. The zero-order valence-electron chi connectivity index (χ0n) is 10.3. The van der Waals surface area contributed by atoms with Crippen LogP contribution in [0.15, 0.2) is 0 Å². The first-order chi connectivity index (χ1) is 7.70. The zero-order chi connectivity index (χ0) is 11.8. The van der Waals surface area contributed by atoms with E-state index in [1.54, 1.807) is 0 Å². The first-order valence-corrected chi connectivity index (χ1v) is 6.15. The summed E-state index contributed by atoms with van der Waals surface area (Å²) in [4.78, 5) is 11.6. The van der Waals surface area contributed by atoms with Gasteiger partial charge in [0.15, 0.2) is 0 Å². The van der Waals surface area contributed by atoms with Crippen molar-refractivity contribution in [3.05, 3.63) is 0 Å². The molecule has 0 spiro atoms. The second-order valence-electron chi connectivity index (χ2n) is 4.68. The van der Waals surface area contributed by atoms with Crippen LogP contribution in [0.25, 0.3) is 0 Å². The first-order valence-electron chi connectivity index (χ1n) is 6.15. The van der Waals surface area contributed by atoms with E-state index in [0.29, 0.717) is 19.1 Å². The minimum atomic E-state index is -0.0830. The van der Waals surface area contributed by atoms with Gasteiger partial charge in [-0.15, -0.1) is 0 Å². The summed E-state index contributed by atoms with van der Waals surface area (Å²) >= 11 is 0. The Hall–Kier alpha value is -0.610. The third-order valence-corrected chi connectivity index (χ3v) is 2.55. The molecule has 1 atom stereocenters. The van der Waals surface area contributed by atoms with Gasteiger partial charge in [-0.1, -0.05) is 13.8 Å². The summed E-state index contributed by atoms with van der Waals surface area (Å²) in [6.45, 7) is 7.57. The third-order valence-electron chi connectivity index (χ3n) is 2.55. The molecule has 0 amide bonds. The Bertz CT molecular complexity index is 200. The molecular weight excluding hydrogens is 206 g/mol. The van der Waals surface area contributed by atoms with Gasteiger partial charge in [0.1, 0.15) is 6.61 Å². The van der Waals surface area contributed by atoms with Crippen molar-refractivity contribution < 1.29 is 14.3 Å². The smallest absolute Gasteiger partial charge is 0.310 e. The summed E-state index contributed by atoms with van der Waals surface area (Å²) in [5.41, 5.74) is 0. The van der Waals surface area contributed by atoms with E-state index in [-0.39, 0.29) is 11.9 Å². The third kappa shape index (κ3) is 5.47. The maximum Gasteiger partial charge on any atom is 0.310 e. The minimum absolute atomic E-state index is 0.0406. The summed E-state index contributed by atoms with van der Waals surface area (Å²) < 4.78 is 10.5. The van der Waals surface area contributed by atoms with Crippen LogP contribution in [0.4, 0.5) is 0 Å². The highest BCUT2D eigenvalue weighted by atomic mass is 16.6. The predicted molar refractivity (Wildman–Crippen MR) is 62.2 cm³/mol. The van der Waals surface area contributed by atoms with Crippen LogP contribution in [0.1, 0.15) is 26.7 Å². The predicted octanol–water partition coefficient (Wildman–Crippen LogP) is 1.20. The van der Waals surface area contributed by atoms with Crippen molar-refractivity contribution in [2.45, 2.75) is 26.7 Å². The molecule has 0 saturated carbocycles. The molecule has 1 aliphatic heterocycles. The van der Waals surface area contributed by atoms with Crippen LogP contribution in [-0.4, -0.2) is 38.9 Å². The van der Waals surface area contributed by atoms with Crippen LogP contribution >= 0.6 is 0 Å². The lowest BCUT2D eigenvalue weighted by atomic mass is 10.0. The Kier molecular flexibility index (Phi) is 6.42. The molecule has 4 heteroatoms. The normalized spacial score (nSPS) is 21.1. The van der Waals surface area contributed by atoms with E-state index in [4.69, 9.17) is 9.47 Å². The molecule has 0 aromatic heterocycles. The number of piperidine rings is 1. The van der Waals surface area contributed by atoms with E-state index in [9.17, 15) is 4.79 Å². The summed E-state index contributed by atoms with van der Waals surface area (Å²) in [6, 6.07) is 0. The fraction of sp³-hybridized carbons (Fsp3) is 0.917. The van der Waals surface area contributed by atoms with Crippen molar-refractivity contribution in [3.63, 3.8) is 0 Å². The Balaban J connectivity index is 2.01. The van der Waals surface area contributed by atoms with Crippen molar-refractivity contribution in [2.75, 3.05) is 32.9 Å². The molecule has 0 unspecified atom stereocenters. The monoisotopic (exact) mass is 229 g/mol. The Morgan fingerprint density at radius 3 is 2.88 bits per heavy atom. The average molecular weight is 229 g/mol. The molecule has 0 bridgehead atoms. The number of nitrogens with one attached hydrogen (secondary N) is 1. The van der Waals surface area contributed by atoms with Gasteiger partial charge < -0.3 is 14.8 Å². The standard InChI is InChI=1S/C12H23NO3/c1-10(2)9-15-6-7-16-12(14)11-4-3-5-13-8-11/h10-11,13H,3-9H2,1-2H3/t11-/m0/s1. The van der Waals surface area contributed by atoms with E-state index in [2.05, 4.69) is 19.2 Å². The van der Waals surface area contributed by atoms with E-state index in [0.717, 1.165) is 32.5 Å². The average Bonchev–Trinajstić information content (AvgIpc) is 2.29. The van der Waals surface area contributed by atoms with Gasteiger partial charge in [0.05, 0.1) is 12.5 Å². The van der Waals surface area contributed by atoms with Gasteiger partial charge in [-0.3, -0.25) is 4.79 Å². The Morgan fingerprint density at radius 2 is 2.25 bits per heavy atom. The molecule has 4 nitrogen and oxygen atoms in total. The van der Waals surface area contributed by atoms with Gasteiger partial charge in [-0.25, -0.2) is 0 Å². The van der Waals surface area contributed by atoms with Crippen molar-refractivity contribution in [1.29, 1.82) is 0 Å². The molecule has 94 valence electrons. The quantitative estimate of drug-likeness (QED) is 0.549. The van der Waals surface area contributed by atoms with Crippen molar-refractivity contribution in [3.8, 4) is 0 Å². The van der Waals surface area contributed by atoms with Crippen molar-refractivity contribution in [1.82, 2.24) is 5.32 Å². The molecule has 16 heavy (non-hydrogen) atoms. The van der Waals surface area contributed by atoms with Gasteiger partial charge in [0.2, 0.25) is 0 Å². The molecular formula is C12H23NO3. The molecule has 1 N–H and O–H groups in total. The maximum atomic E-state index is 11.6. The van der Waals surface area contributed by atoms with E-state index >= 15 is 0 Å². The highest BCUT2D eigenvalue weighted by Gasteiger charge is 2.21. The topological polar surface area (TPSA) is 47.6 Å². The second-order valence-corrected chi connectivity index (χ2v) is 4.68. The van der Waals surface area contributed by atoms with Gasteiger partial charge >= 0.3 is 5.97 Å². The van der Waals surface area contributed by atoms with Gasteiger partial charge in [-0.2, -0.15) is 0 Å². The molecule has 0 radical (unpaired) electrons. The fourth-order valence-electron chi connectivity index (χ4n) is 1.69. The maximum absolute atomic E-state index is 11.6. The first kappa shape index (κ1) is 13.5. The van der Waals surface area contributed by atoms with Crippen molar-refractivity contribution in [2.24, 2.45) is 11.8 Å². The van der Waals surface area contributed by atoms with Crippen LogP contribution in [0.5, 0.6) is 0 Å².